The standard InChI is InChI=1S/C14H15NO6/c16-11(12(17)18)14(21,13(19)20)15-8-4-7-10(15)9-5-2-1-3-6-9/h1-3,5-7,11,16,21H,4,8H2,(H,17,18)(H,19,20)/t11-,14+/m0/s1. The zero-order valence-corrected chi connectivity index (χ0v) is 11.0. The van der Waals surface area contributed by atoms with E-state index in [2.05, 4.69) is 0 Å². The Kier molecular flexibility index (Phi) is 3.97. The highest BCUT2D eigenvalue weighted by molar-refractivity contribution is 5.88. The van der Waals surface area contributed by atoms with E-state index in [1.54, 1.807) is 36.4 Å². The number of aliphatic hydroxyl groups is 2. The predicted octanol–water partition coefficient (Wildman–Crippen LogP) is -0.0481. The fourth-order valence-electron chi connectivity index (χ4n) is 2.35. The van der Waals surface area contributed by atoms with Crippen molar-refractivity contribution in [1.29, 1.82) is 0 Å². The lowest BCUT2D eigenvalue weighted by atomic mass is 10.0. The van der Waals surface area contributed by atoms with Gasteiger partial charge in [-0.1, -0.05) is 36.4 Å². The average Bonchev–Trinajstić information content (AvgIpc) is 2.96. The molecule has 0 aliphatic carbocycles. The molecule has 2 atom stereocenters. The lowest BCUT2D eigenvalue weighted by molar-refractivity contribution is -0.205. The molecule has 1 aliphatic rings. The van der Waals surface area contributed by atoms with Crippen molar-refractivity contribution in [1.82, 2.24) is 4.90 Å². The van der Waals surface area contributed by atoms with Gasteiger partial charge in [-0.05, 0) is 12.0 Å². The van der Waals surface area contributed by atoms with Crippen molar-refractivity contribution in [3.8, 4) is 0 Å². The van der Waals surface area contributed by atoms with Crippen LogP contribution in [0.2, 0.25) is 0 Å². The van der Waals surface area contributed by atoms with Crippen LogP contribution < -0.4 is 0 Å². The fourth-order valence-corrected chi connectivity index (χ4v) is 2.35. The van der Waals surface area contributed by atoms with E-state index in [0.717, 1.165) is 4.90 Å². The number of aliphatic hydroxyl groups excluding tert-OH is 1. The van der Waals surface area contributed by atoms with E-state index < -0.39 is 23.8 Å². The number of hydrogen-bond acceptors (Lipinski definition) is 5. The molecule has 0 bridgehead atoms. The maximum Gasteiger partial charge on any atom is 0.360 e. The first kappa shape index (κ1) is 15.0. The Morgan fingerprint density at radius 2 is 1.81 bits per heavy atom. The topological polar surface area (TPSA) is 118 Å². The van der Waals surface area contributed by atoms with Crippen LogP contribution in [0, 0.1) is 0 Å². The summed E-state index contributed by atoms with van der Waals surface area (Å²) in [5, 5.41) is 38.1. The molecule has 0 aromatic heterocycles. The predicted molar refractivity (Wildman–Crippen MR) is 72.0 cm³/mol. The van der Waals surface area contributed by atoms with Crippen molar-refractivity contribution in [2.45, 2.75) is 18.2 Å². The summed E-state index contributed by atoms with van der Waals surface area (Å²) in [4.78, 5) is 23.3. The van der Waals surface area contributed by atoms with Crippen LogP contribution in [0.3, 0.4) is 0 Å². The zero-order chi connectivity index (χ0) is 15.6. The molecule has 112 valence electrons. The lowest BCUT2D eigenvalue weighted by Gasteiger charge is -2.38. The molecule has 7 heteroatoms. The van der Waals surface area contributed by atoms with Crippen LogP contribution in [-0.4, -0.2) is 55.6 Å². The third kappa shape index (κ3) is 2.48. The minimum atomic E-state index is -2.93. The van der Waals surface area contributed by atoms with Crippen LogP contribution in [0.4, 0.5) is 0 Å². The smallest absolute Gasteiger partial charge is 0.360 e. The number of aliphatic carboxylic acids is 2. The molecule has 0 amide bonds. The summed E-state index contributed by atoms with van der Waals surface area (Å²) in [5.41, 5.74) is -1.92. The van der Waals surface area contributed by atoms with Crippen molar-refractivity contribution < 1.29 is 30.0 Å². The van der Waals surface area contributed by atoms with Gasteiger partial charge < -0.3 is 25.3 Å². The summed E-state index contributed by atoms with van der Waals surface area (Å²) in [7, 11) is 0. The van der Waals surface area contributed by atoms with Crippen LogP contribution >= 0.6 is 0 Å². The van der Waals surface area contributed by atoms with Crippen molar-refractivity contribution >= 4 is 17.6 Å². The molecule has 1 aliphatic heterocycles. The summed E-state index contributed by atoms with van der Waals surface area (Å²) in [6.45, 7) is 0.0946. The molecule has 4 N–H and O–H groups in total. The van der Waals surface area contributed by atoms with Gasteiger partial charge in [0.2, 0.25) is 6.10 Å². The molecule has 0 spiro atoms. The van der Waals surface area contributed by atoms with Gasteiger partial charge in [0.1, 0.15) is 0 Å². The largest absolute Gasteiger partial charge is 0.479 e. The quantitative estimate of drug-likeness (QED) is 0.601. The van der Waals surface area contributed by atoms with Gasteiger partial charge in [-0.25, -0.2) is 9.59 Å². The highest BCUT2D eigenvalue weighted by atomic mass is 16.5. The summed E-state index contributed by atoms with van der Waals surface area (Å²) in [6.07, 6.45) is -0.343. The molecular formula is C14H15NO6. The maximum absolute atomic E-state index is 11.4. The fraction of sp³-hybridized carbons (Fsp3) is 0.286. The SMILES string of the molecule is O=C(O)[C@H](O)[C@@](O)(C(=O)O)N1CCC=C1c1ccccc1. The molecule has 0 saturated heterocycles. The normalized spacial score (nSPS) is 18.8. The van der Waals surface area contributed by atoms with Crippen molar-refractivity contribution in [2.24, 2.45) is 0 Å². The van der Waals surface area contributed by atoms with Crippen LogP contribution in [-0.2, 0) is 9.59 Å². The molecule has 2 rings (SSSR count). The summed E-state index contributed by atoms with van der Waals surface area (Å²) >= 11 is 0. The Morgan fingerprint density at radius 3 is 2.33 bits per heavy atom. The number of benzene rings is 1. The van der Waals surface area contributed by atoms with Crippen molar-refractivity contribution in [3.63, 3.8) is 0 Å². The van der Waals surface area contributed by atoms with Gasteiger partial charge in [-0.2, -0.15) is 0 Å². The molecule has 0 radical (unpaired) electrons. The van der Waals surface area contributed by atoms with E-state index in [4.69, 9.17) is 5.11 Å². The highest BCUT2D eigenvalue weighted by Crippen LogP contribution is 2.33. The van der Waals surface area contributed by atoms with Crippen LogP contribution in [0.5, 0.6) is 0 Å². The van der Waals surface area contributed by atoms with Crippen LogP contribution in [0.15, 0.2) is 36.4 Å². The Bertz CT molecular complexity index is 584. The molecule has 0 fully saturated rings. The second-order valence-electron chi connectivity index (χ2n) is 4.67. The number of carbonyl (C=O) groups is 2. The molecule has 1 aromatic rings. The molecule has 7 nitrogen and oxygen atoms in total. The number of hydrogen-bond donors (Lipinski definition) is 4. The summed E-state index contributed by atoms with van der Waals surface area (Å²) < 4.78 is 0. The van der Waals surface area contributed by atoms with Crippen molar-refractivity contribution in [2.75, 3.05) is 6.54 Å². The molecule has 21 heavy (non-hydrogen) atoms. The number of carboxylic acids is 2. The zero-order valence-electron chi connectivity index (χ0n) is 11.0. The Balaban J connectivity index is 2.44. The van der Waals surface area contributed by atoms with Crippen LogP contribution in [0.1, 0.15) is 12.0 Å². The van der Waals surface area contributed by atoms with E-state index in [-0.39, 0.29) is 6.54 Å². The van der Waals surface area contributed by atoms with Crippen molar-refractivity contribution in [3.05, 3.63) is 42.0 Å². The van der Waals surface area contributed by atoms with Gasteiger partial charge in [0, 0.05) is 12.2 Å². The van der Waals surface area contributed by atoms with E-state index in [0.29, 0.717) is 17.7 Å². The number of nitrogens with zero attached hydrogens (tertiary/aromatic N) is 1. The second-order valence-corrected chi connectivity index (χ2v) is 4.67. The number of rotatable bonds is 5. The van der Waals surface area contributed by atoms with Gasteiger partial charge in [-0.3, -0.25) is 0 Å². The van der Waals surface area contributed by atoms with E-state index in [1.807, 2.05) is 0 Å². The monoisotopic (exact) mass is 293 g/mol. The minimum Gasteiger partial charge on any atom is -0.479 e. The summed E-state index contributed by atoms with van der Waals surface area (Å²) in [5.74, 6) is -3.62. The maximum atomic E-state index is 11.4. The second kappa shape index (κ2) is 5.55. The Morgan fingerprint density at radius 1 is 1.19 bits per heavy atom. The molecular weight excluding hydrogens is 278 g/mol. The van der Waals surface area contributed by atoms with Crippen LogP contribution in [0.25, 0.3) is 5.70 Å². The van der Waals surface area contributed by atoms with Gasteiger partial charge in [-0.15, -0.1) is 0 Å². The highest BCUT2D eigenvalue weighted by Gasteiger charge is 2.54. The third-order valence-electron chi connectivity index (χ3n) is 3.39. The van der Waals surface area contributed by atoms with E-state index in [9.17, 15) is 24.9 Å². The van der Waals surface area contributed by atoms with Gasteiger partial charge >= 0.3 is 11.9 Å². The molecule has 0 saturated carbocycles. The van der Waals surface area contributed by atoms with Gasteiger partial charge in [0.25, 0.3) is 5.72 Å². The first-order valence-electron chi connectivity index (χ1n) is 6.29. The molecule has 1 heterocycles. The first-order chi connectivity index (χ1) is 9.89. The third-order valence-corrected chi connectivity index (χ3v) is 3.39. The Labute approximate surface area is 120 Å². The van der Waals surface area contributed by atoms with E-state index >= 15 is 0 Å². The molecule has 1 aromatic carbocycles. The first-order valence-corrected chi connectivity index (χ1v) is 6.29. The number of carboxylic acid groups (broad SMARTS) is 2. The average molecular weight is 293 g/mol. The minimum absolute atomic E-state index is 0.0946. The summed E-state index contributed by atoms with van der Waals surface area (Å²) in [6, 6.07) is 8.66. The molecule has 0 unspecified atom stereocenters. The van der Waals surface area contributed by atoms with Gasteiger partial charge in [0.05, 0.1) is 0 Å². The van der Waals surface area contributed by atoms with Gasteiger partial charge in [0.15, 0.2) is 0 Å². The Hall–Kier alpha value is -2.38. The van der Waals surface area contributed by atoms with E-state index in [1.165, 1.54) is 0 Å². The lowest BCUT2D eigenvalue weighted by Crippen LogP contribution is -2.63.